The number of hydrogen-bond acceptors (Lipinski definition) is 3. The molecule has 16 heavy (non-hydrogen) atoms. The van der Waals surface area contributed by atoms with Crippen molar-refractivity contribution in [2.45, 2.75) is 0 Å². The SMILES string of the molecule is O=[N+]([O-])c1ccc(Cl)c(N2CC[NH2+]CC2)c1. The molecule has 0 amide bonds. The standard InChI is InChI=1S/C10H12ClN3O2/c11-9-2-1-8(14(15)16)7-10(9)13-5-3-12-4-6-13/h1-2,7,12H,3-6H2/p+1. The van der Waals surface area contributed by atoms with E-state index in [1.807, 2.05) is 0 Å². The van der Waals surface area contributed by atoms with Crippen LogP contribution in [-0.4, -0.2) is 31.1 Å². The first kappa shape index (κ1) is 11.2. The maximum atomic E-state index is 10.7. The number of nitro groups is 1. The van der Waals surface area contributed by atoms with Crippen molar-refractivity contribution in [2.24, 2.45) is 0 Å². The van der Waals surface area contributed by atoms with Gasteiger partial charge >= 0.3 is 0 Å². The van der Waals surface area contributed by atoms with Gasteiger partial charge in [0.2, 0.25) is 0 Å². The van der Waals surface area contributed by atoms with Gasteiger partial charge in [0, 0.05) is 12.1 Å². The highest BCUT2D eigenvalue weighted by Crippen LogP contribution is 2.29. The minimum Gasteiger partial charge on any atom is -0.359 e. The number of anilines is 1. The zero-order valence-electron chi connectivity index (χ0n) is 8.73. The summed E-state index contributed by atoms with van der Waals surface area (Å²) in [5, 5.41) is 13.5. The lowest BCUT2D eigenvalue weighted by atomic mass is 10.2. The molecular formula is C10H13ClN3O2+. The Morgan fingerprint density at radius 2 is 2.06 bits per heavy atom. The summed E-state index contributed by atoms with van der Waals surface area (Å²) in [7, 11) is 0. The van der Waals surface area contributed by atoms with Gasteiger partial charge in [-0.2, -0.15) is 0 Å². The van der Waals surface area contributed by atoms with Crippen LogP contribution in [0.4, 0.5) is 11.4 Å². The number of non-ortho nitro benzene ring substituents is 1. The zero-order chi connectivity index (χ0) is 11.5. The second kappa shape index (κ2) is 4.67. The molecule has 1 heterocycles. The molecule has 1 aromatic rings. The summed E-state index contributed by atoms with van der Waals surface area (Å²) < 4.78 is 0. The van der Waals surface area contributed by atoms with Crippen LogP contribution in [0.5, 0.6) is 0 Å². The van der Waals surface area contributed by atoms with Gasteiger partial charge in [0.25, 0.3) is 5.69 Å². The van der Waals surface area contributed by atoms with Gasteiger partial charge in [0.1, 0.15) is 0 Å². The van der Waals surface area contributed by atoms with E-state index in [0.29, 0.717) is 5.02 Å². The highest BCUT2D eigenvalue weighted by molar-refractivity contribution is 6.33. The van der Waals surface area contributed by atoms with Gasteiger partial charge < -0.3 is 10.2 Å². The van der Waals surface area contributed by atoms with Crippen LogP contribution >= 0.6 is 11.6 Å². The van der Waals surface area contributed by atoms with E-state index < -0.39 is 4.92 Å². The molecule has 5 nitrogen and oxygen atoms in total. The van der Waals surface area contributed by atoms with Crippen LogP contribution in [0, 0.1) is 10.1 Å². The molecule has 1 fully saturated rings. The Morgan fingerprint density at radius 3 is 2.69 bits per heavy atom. The number of rotatable bonds is 2. The minimum atomic E-state index is -0.393. The molecule has 0 radical (unpaired) electrons. The lowest BCUT2D eigenvalue weighted by Gasteiger charge is -2.27. The van der Waals surface area contributed by atoms with Crippen molar-refractivity contribution in [2.75, 3.05) is 31.1 Å². The second-order valence-electron chi connectivity index (χ2n) is 3.75. The van der Waals surface area contributed by atoms with Gasteiger partial charge in [-0.1, -0.05) is 11.6 Å². The predicted molar refractivity (Wildman–Crippen MR) is 62.0 cm³/mol. The third kappa shape index (κ3) is 2.25. The molecule has 1 aliphatic heterocycles. The molecule has 1 aromatic carbocycles. The molecule has 2 rings (SSSR count). The number of nitro benzene ring substituents is 1. The fourth-order valence-corrected chi connectivity index (χ4v) is 2.09. The Labute approximate surface area is 98.2 Å². The molecule has 6 heteroatoms. The van der Waals surface area contributed by atoms with Crippen molar-refractivity contribution in [3.05, 3.63) is 33.3 Å². The predicted octanol–water partition coefficient (Wildman–Crippen LogP) is 0.632. The quantitative estimate of drug-likeness (QED) is 0.611. The van der Waals surface area contributed by atoms with Gasteiger partial charge in [-0.05, 0) is 6.07 Å². The number of piperazine rings is 1. The van der Waals surface area contributed by atoms with Crippen molar-refractivity contribution in [1.29, 1.82) is 0 Å². The van der Waals surface area contributed by atoms with Crippen LogP contribution in [0.1, 0.15) is 0 Å². The zero-order valence-corrected chi connectivity index (χ0v) is 9.48. The summed E-state index contributed by atoms with van der Waals surface area (Å²) >= 11 is 6.06. The van der Waals surface area contributed by atoms with Gasteiger partial charge in [0.05, 0.1) is 41.8 Å². The summed E-state index contributed by atoms with van der Waals surface area (Å²) in [6, 6.07) is 4.57. The topological polar surface area (TPSA) is 63.0 Å². The van der Waals surface area contributed by atoms with Crippen molar-refractivity contribution < 1.29 is 10.2 Å². The Morgan fingerprint density at radius 1 is 1.38 bits per heavy atom. The third-order valence-corrected chi connectivity index (χ3v) is 3.01. The first-order chi connectivity index (χ1) is 7.68. The second-order valence-corrected chi connectivity index (χ2v) is 4.15. The fourth-order valence-electron chi connectivity index (χ4n) is 1.85. The maximum Gasteiger partial charge on any atom is 0.271 e. The van der Waals surface area contributed by atoms with E-state index in [1.54, 1.807) is 12.1 Å². The van der Waals surface area contributed by atoms with Crippen LogP contribution in [0.15, 0.2) is 18.2 Å². The van der Waals surface area contributed by atoms with Gasteiger partial charge in [-0.3, -0.25) is 10.1 Å². The Balaban J connectivity index is 2.30. The minimum absolute atomic E-state index is 0.0916. The van der Waals surface area contributed by atoms with E-state index in [1.165, 1.54) is 6.07 Å². The number of nitrogens with zero attached hydrogens (tertiary/aromatic N) is 2. The molecule has 2 N–H and O–H groups in total. The molecule has 1 saturated heterocycles. The van der Waals surface area contributed by atoms with Gasteiger partial charge in [-0.25, -0.2) is 0 Å². The summed E-state index contributed by atoms with van der Waals surface area (Å²) in [6.07, 6.45) is 0. The molecule has 0 aromatic heterocycles. The summed E-state index contributed by atoms with van der Waals surface area (Å²) in [5.74, 6) is 0. The Bertz CT molecular complexity index is 405. The lowest BCUT2D eigenvalue weighted by molar-refractivity contribution is -0.655. The van der Waals surface area contributed by atoms with Crippen molar-refractivity contribution in [3.63, 3.8) is 0 Å². The number of halogens is 1. The van der Waals surface area contributed by atoms with E-state index in [4.69, 9.17) is 11.6 Å². The Kier molecular flexibility index (Phi) is 3.26. The third-order valence-electron chi connectivity index (χ3n) is 2.69. The van der Waals surface area contributed by atoms with Crippen LogP contribution in [0.25, 0.3) is 0 Å². The van der Waals surface area contributed by atoms with Crippen LogP contribution < -0.4 is 10.2 Å². The van der Waals surface area contributed by atoms with E-state index >= 15 is 0 Å². The molecule has 1 aliphatic rings. The summed E-state index contributed by atoms with van der Waals surface area (Å²) in [4.78, 5) is 12.4. The smallest absolute Gasteiger partial charge is 0.271 e. The number of hydrogen-bond donors (Lipinski definition) is 1. The van der Waals surface area contributed by atoms with Crippen LogP contribution in [-0.2, 0) is 0 Å². The van der Waals surface area contributed by atoms with E-state index in [9.17, 15) is 10.1 Å². The first-order valence-corrected chi connectivity index (χ1v) is 5.57. The molecule has 0 unspecified atom stereocenters. The average molecular weight is 243 g/mol. The normalized spacial score (nSPS) is 16.2. The molecule has 0 atom stereocenters. The first-order valence-electron chi connectivity index (χ1n) is 5.19. The maximum absolute atomic E-state index is 10.7. The van der Waals surface area contributed by atoms with Crippen molar-refractivity contribution in [1.82, 2.24) is 0 Å². The molecule has 86 valence electrons. The number of quaternary nitrogens is 1. The fraction of sp³-hybridized carbons (Fsp3) is 0.400. The average Bonchev–Trinajstić information content (AvgIpc) is 2.30. The molecule has 0 bridgehead atoms. The molecule has 0 spiro atoms. The lowest BCUT2D eigenvalue weighted by Crippen LogP contribution is -2.89. The largest absolute Gasteiger partial charge is 0.359 e. The highest BCUT2D eigenvalue weighted by atomic mass is 35.5. The molecule has 0 saturated carbocycles. The van der Waals surface area contributed by atoms with Crippen LogP contribution in [0.3, 0.4) is 0 Å². The van der Waals surface area contributed by atoms with E-state index in [2.05, 4.69) is 10.2 Å². The Hall–Kier alpha value is -1.33. The molecule has 0 aliphatic carbocycles. The summed E-state index contributed by atoms with van der Waals surface area (Å²) in [5.41, 5.74) is 0.859. The van der Waals surface area contributed by atoms with Gasteiger partial charge in [0.15, 0.2) is 0 Å². The van der Waals surface area contributed by atoms with Crippen LogP contribution in [0.2, 0.25) is 5.02 Å². The van der Waals surface area contributed by atoms with E-state index in [-0.39, 0.29) is 5.69 Å². The van der Waals surface area contributed by atoms with Crippen molar-refractivity contribution in [3.8, 4) is 0 Å². The summed E-state index contributed by atoms with van der Waals surface area (Å²) in [6.45, 7) is 3.75. The number of nitrogens with two attached hydrogens (primary N) is 1. The highest BCUT2D eigenvalue weighted by Gasteiger charge is 2.18. The number of benzene rings is 1. The monoisotopic (exact) mass is 242 g/mol. The van der Waals surface area contributed by atoms with Crippen molar-refractivity contribution >= 4 is 23.0 Å². The van der Waals surface area contributed by atoms with Gasteiger partial charge in [-0.15, -0.1) is 0 Å². The molecular weight excluding hydrogens is 230 g/mol. The van der Waals surface area contributed by atoms with E-state index in [0.717, 1.165) is 31.9 Å².